The molecule has 0 atom stereocenters. The van der Waals surface area contributed by atoms with Crippen LogP contribution in [0.15, 0.2) is 48.6 Å². The zero-order valence-corrected chi connectivity index (χ0v) is 8.36. The second-order valence-corrected chi connectivity index (χ2v) is 3.28. The molecular weight excluding hydrogens is 172 g/mol. The first-order valence-corrected chi connectivity index (χ1v) is 4.58. The summed E-state index contributed by atoms with van der Waals surface area (Å²) in [6.07, 6.45) is 5.55. The molecule has 0 radical (unpaired) electrons. The lowest BCUT2D eigenvalue weighted by Gasteiger charge is -2.00. The van der Waals surface area contributed by atoms with Crippen molar-refractivity contribution >= 4 is 6.29 Å². The summed E-state index contributed by atoms with van der Waals surface area (Å²) < 4.78 is 0. The van der Waals surface area contributed by atoms with E-state index >= 15 is 0 Å². The average Bonchev–Trinajstić information content (AvgIpc) is 2.19. The maximum Gasteiger partial charge on any atom is 0.150 e. The number of benzene rings is 1. The molecular formula is C13H14O. The van der Waals surface area contributed by atoms with Crippen LogP contribution < -0.4 is 0 Å². The van der Waals surface area contributed by atoms with Crippen LogP contribution in [0.4, 0.5) is 0 Å². The molecule has 0 amide bonds. The van der Waals surface area contributed by atoms with Gasteiger partial charge in [0.2, 0.25) is 0 Å². The van der Waals surface area contributed by atoms with E-state index in [0.717, 1.165) is 18.3 Å². The van der Waals surface area contributed by atoms with Crippen molar-refractivity contribution in [2.45, 2.75) is 13.3 Å². The highest BCUT2D eigenvalue weighted by Crippen LogP contribution is 2.08. The highest BCUT2D eigenvalue weighted by atomic mass is 16.1. The smallest absolute Gasteiger partial charge is 0.150 e. The third kappa shape index (κ3) is 3.02. The number of carbonyl (C=O) groups excluding carboxylic acids is 1. The lowest BCUT2D eigenvalue weighted by atomic mass is 10.0. The van der Waals surface area contributed by atoms with Crippen molar-refractivity contribution in [2.24, 2.45) is 0 Å². The standard InChI is InChI=1S/C13H14O/c1-3-4-11(2)9-12-5-7-13(10-14)8-6-12/h3-8,10H,1,9H2,2H3/b11-4+. The summed E-state index contributed by atoms with van der Waals surface area (Å²) in [6, 6.07) is 7.63. The highest BCUT2D eigenvalue weighted by Gasteiger charge is 1.94. The minimum absolute atomic E-state index is 0.721. The molecule has 1 nitrogen and oxygen atoms in total. The largest absolute Gasteiger partial charge is 0.298 e. The van der Waals surface area contributed by atoms with Gasteiger partial charge in [-0.2, -0.15) is 0 Å². The van der Waals surface area contributed by atoms with Gasteiger partial charge in [-0.15, -0.1) is 0 Å². The molecule has 0 bridgehead atoms. The molecule has 0 aromatic heterocycles. The van der Waals surface area contributed by atoms with Crippen molar-refractivity contribution in [3.05, 3.63) is 59.7 Å². The molecule has 0 unspecified atom stereocenters. The van der Waals surface area contributed by atoms with Gasteiger partial charge in [0.05, 0.1) is 0 Å². The van der Waals surface area contributed by atoms with Crippen molar-refractivity contribution in [3.63, 3.8) is 0 Å². The summed E-state index contributed by atoms with van der Waals surface area (Å²) in [4.78, 5) is 10.4. The fourth-order valence-corrected chi connectivity index (χ4v) is 1.30. The quantitative estimate of drug-likeness (QED) is 0.521. The van der Waals surface area contributed by atoms with Gasteiger partial charge in [0.25, 0.3) is 0 Å². The maximum absolute atomic E-state index is 10.4. The Balaban J connectivity index is 2.73. The number of rotatable bonds is 4. The van der Waals surface area contributed by atoms with Crippen LogP contribution in [0.2, 0.25) is 0 Å². The molecule has 1 aromatic carbocycles. The predicted molar refractivity (Wildman–Crippen MR) is 59.5 cm³/mol. The van der Waals surface area contributed by atoms with Crippen molar-refractivity contribution in [2.75, 3.05) is 0 Å². The molecule has 0 aliphatic heterocycles. The van der Waals surface area contributed by atoms with E-state index in [1.165, 1.54) is 11.1 Å². The Morgan fingerprint density at radius 1 is 1.36 bits per heavy atom. The lowest BCUT2D eigenvalue weighted by molar-refractivity contribution is 0.112. The molecule has 0 N–H and O–H groups in total. The van der Waals surface area contributed by atoms with Crippen molar-refractivity contribution in [1.82, 2.24) is 0 Å². The summed E-state index contributed by atoms with van der Waals surface area (Å²) in [5.41, 5.74) is 3.20. The minimum Gasteiger partial charge on any atom is -0.298 e. The first kappa shape index (κ1) is 10.5. The van der Waals surface area contributed by atoms with E-state index in [4.69, 9.17) is 0 Å². The van der Waals surface area contributed by atoms with Gasteiger partial charge in [-0.05, 0) is 18.9 Å². The van der Waals surface area contributed by atoms with E-state index in [2.05, 4.69) is 13.5 Å². The fourth-order valence-electron chi connectivity index (χ4n) is 1.30. The van der Waals surface area contributed by atoms with Crippen molar-refractivity contribution in [3.8, 4) is 0 Å². The molecule has 0 spiro atoms. The summed E-state index contributed by atoms with van der Waals surface area (Å²) in [5, 5.41) is 0. The van der Waals surface area contributed by atoms with Crippen LogP contribution in [0.5, 0.6) is 0 Å². The normalized spacial score (nSPS) is 11.1. The zero-order valence-electron chi connectivity index (χ0n) is 8.36. The van der Waals surface area contributed by atoms with E-state index in [0.29, 0.717) is 0 Å². The minimum atomic E-state index is 0.721. The molecule has 72 valence electrons. The summed E-state index contributed by atoms with van der Waals surface area (Å²) >= 11 is 0. The molecule has 14 heavy (non-hydrogen) atoms. The Bertz CT molecular complexity index is 344. The third-order valence-electron chi connectivity index (χ3n) is 2.00. The van der Waals surface area contributed by atoms with E-state index < -0.39 is 0 Å². The Labute approximate surface area is 84.8 Å². The number of carbonyl (C=O) groups is 1. The second-order valence-electron chi connectivity index (χ2n) is 3.28. The molecule has 0 fully saturated rings. The van der Waals surface area contributed by atoms with Crippen LogP contribution in [0.1, 0.15) is 22.8 Å². The van der Waals surface area contributed by atoms with E-state index in [9.17, 15) is 4.79 Å². The first-order chi connectivity index (χ1) is 6.76. The van der Waals surface area contributed by atoms with Crippen LogP contribution in [-0.4, -0.2) is 6.29 Å². The molecule has 1 aromatic rings. The topological polar surface area (TPSA) is 17.1 Å². The number of allylic oxidation sites excluding steroid dienone is 3. The van der Waals surface area contributed by atoms with Gasteiger partial charge in [-0.1, -0.05) is 48.6 Å². The highest BCUT2D eigenvalue weighted by molar-refractivity contribution is 5.74. The van der Waals surface area contributed by atoms with E-state index in [-0.39, 0.29) is 0 Å². The number of hydrogen-bond donors (Lipinski definition) is 0. The fraction of sp³-hybridized carbons (Fsp3) is 0.154. The van der Waals surface area contributed by atoms with Crippen LogP contribution in [0.3, 0.4) is 0 Å². The third-order valence-corrected chi connectivity index (χ3v) is 2.00. The molecule has 0 heterocycles. The van der Waals surface area contributed by atoms with Gasteiger partial charge in [-0.25, -0.2) is 0 Å². The van der Waals surface area contributed by atoms with Gasteiger partial charge in [-0.3, -0.25) is 4.79 Å². The van der Waals surface area contributed by atoms with Gasteiger partial charge < -0.3 is 0 Å². The summed E-state index contributed by atoms with van der Waals surface area (Å²) in [6.45, 7) is 5.71. The SMILES string of the molecule is C=C/C=C(\C)Cc1ccc(C=O)cc1. The van der Waals surface area contributed by atoms with Crippen LogP contribution in [0, 0.1) is 0 Å². The summed E-state index contributed by atoms with van der Waals surface area (Å²) in [7, 11) is 0. The number of aldehydes is 1. The molecule has 0 aliphatic rings. The molecule has 1 rings (SSSR count). The van der Waals surface area contributed by atoms with Gasteiger partial charge in [0.15, 0.2) is 0 Å². The Hall–Kier alpha value is -1.63. The van der Waals surface area contributed by atoms with Gasteiger partial charge in [0, 0.05) is 5.56 Å². The lowest BCUT2D eigenvalue weighted by Crippen LogP contribution is -1.87. The van der Waals surface area contributed by atoms with Crippen LogP contribution in [0.25, 0.3) is 0 Å². The molecule has 0 aliphatic carbocycles. The molecule has 1 heteroatoms. The molecule has 0 saturated heterocycles. The average molecular weight is 186 g/mol. The zero-order chi connectivity index (χ0) is 10.4. The van der Waals surface area contributed by atoms with E-state index in [1.807, 2.05) is 30.3 Å². The maximum atomic E-state index is 10.4. The van der Waals surface area contributed by atoms with Gasteiger partial charge >= 0.3 is 0 Å². The van der Waals surface area contributed by atoms with Gasteiger partial charge in [0.1, 0.15) is 6.29 Å². The Morgan fingerprint density at radius 2 is 2.00 bits per heavy atom. The van der Waals surface area contributed by atoms with Crippen molar-refractivity contribution in [1.29, 1.82) is 0 Å². The van der Waals surface area contributed by atoms with Crippen LogP contribution in [-0.2, 0) is 6.42 Å². The first-order valence-electron chi connectivity index (χ1n) is 4.58. The van der Waals surface area contributed by atoms with Crippen molar-refractivity contribution < 1.29 is 4.79 Å². The monoisotopic (exact) mass is 186 g/mol. The predicted octanol–water partition coefficient (Wildman–Crippen LogP) is 3.17. The van der Waals surface area contributed by atoms with Crippen LogP contribution >= 0.6 is 0 Å². The Kier molecular flexibility index (Phi) is 3.86. The second kappa shape index (κ2) is 5.18. The summed E-state index contributed by atoms with van der Waals surface area (Å²) in [5.74, 6) is 0. The number of hydrogen-bond acceptors (Lipinski definition) is 1. The Morgan fingerprint density at radius 3 is 2.50 bits per heavy atom. The molecule has 0 saturated carbocycles. The van der Waals surface area contributed by atoms with E-state index in [1.54, 1.807) is 6.08 Å².